The van der Waals surface area contributed by atoms with Gasteiger partial charge in [0.1, 0.15) is 11.4 Å². The van der Waals surface area contributed by atoms with E-state index in [1.807, 2.05) is 12.1 Å². The van der Waals surface area contributed by atoms with Gasteiger partial charge >= 0.3 is 6.09 Å². The van der Waals surface area contributed by atoms with Crippen molar-refractivity contribution in [3.8, 4) is 5.75 Å². The summed E-state index contributed by atoms with van der Waals surface area (Å²) >= 11 is 3.49. The number of rotatable bonds is 1. The predicted octanol–water partition coefficient (Wildman–Crippen LogP) is 3.53. The van der Waals surface area contributed by atoms with Crippen LogP contribution in [0.1, 0.15) is 25.3 Å². The zero-order chi connectivity index (χ0) is 14.3. The Hall–Kier alpha value is -1.23. The SMILES string of the molecule is CC1(C2CCN(C(=O)O)CC2)Cc2cc(Br)ccc2O1. The Kier molecular flexibility index (Phi) is 3.40. The Balaban J connectivity index is 1.72. The quantitative estimate of drug-likeness (QED) is 0.851. The molecule has 0 bridgehead atoms. The van der Waals surface area contributed by atoms with Crippen molar-refractivity contribution in [1.29, 1.82) is 0 Å². The predicted molar refractivity (Wildman–Crippen MR) is 79.2 cm³/mol. The first-order chi connectivity index (χ1) is 9.48. The lowest BCUT2D eigenvalue weighted by Gasteiger charge is -2.39. The van der Waals surface area contributed by atoms with Crippen molar-refractivity contribution >= 4 is 22.0 Å². The van der Waals surface area contributed by atoms with E-state index in [9.17, 15) is 4.79 Å². The maximum atomic E-state index is 11.0. The fourth-order valence-electron chi connectivity index (χ4n) is 3.36. The molecule has 1 amide bonds. The summed E-state index contributed by atoms with van der Waals surface area (Å²) < 4.78 is 7.27. The fourth-order valence-corrected chi connectivity index (χ4v) is 3.77. The molecule has 1 aromatic rings. The number of ether oxygens (including phenoxy) is 1. The van der Waals surface area contributed by atoms with Gasteiger partial charge in [0.25, 0.3) is 0 Å². The molecule has 1 fully saturated rings. The molecule has 0 radical (unpaired) electrons. The van der Waals surface area contributed by atoms with Gasteiger partial charge in [-0.05, 0) is 43.5 Å². The number of fused-ring (bicyclic) bond motifs is 1. The number of nitrogens with zero attached hydrogens (tertiary/aromatic N) is 1. The van der Waals surface area contributed by atoms with E-state index < -0.39 is 6.09 Å². The zero-order valence-corrected chi connectivity index (χ0v) is 13.0. The Morgan fingerprint density at radius 2 is 2.15 bits per heavy atom. The van der Waals surface area contributed by atoms with Crippen LogP contribution in [0.2, 0.25) is 0 Å². The summed E-state index contributed by atoms with van der Waals surface area (Å²) in [6.45, 7) is 3.37. The Morgan fingerprint density at radius 1 is 1.45 bits per heavy atom. The van der Waals surface area contributed by atoms with Gasteiger partial charge < -0.3 is 14.7 Å². The molecule has 3 rings (SSSR count). The van der Waals surface area contributed by atoms with Gasteiger partial charge in [-0.15, -0.1) is 0 Å². The van der Waals surface area contributed by atoms with Gasteiger partial charge in [0.15, 0.2) is 0 Å². The molecular formula is C15H18BrNO3. The van der Waals surface area contributed by atoms with E-state index >= 15 is 0 Å². The van der Waals surface area contributed by atoms with E-state index in [4.69, 9.17) is 9.84 Å². The van der Waals surface area contributed by atoms with Crippen molar-refractivity contribution < 1.29 is 14.6 Å². The highest BCUT2D eigenvalue weighted by molar-refractivity contribution is 9.10. The lowest BCUT2D eigenvalue weighted by atomic mass is 9.79. The number of halogens is 1. The topological polar surface area (TPSA) is 49.8 Å². The van der Waals surface area contributed by atoms with E-state index in [2.05, 4.69) is 28.9 Å². The van der Waals surface area contributed by atoms with Crippen molar-refractivity contribution in [1.82, 2.24) is 4.90 Å². The maximum Gasteiger partial charge on any atom is 0.407 e. The van der Waals surface area contributed by atoms with Crippen LogP contribution in [-0.4, -0.2) is 34.8 Å². The van der Waals surface area contributed by atoms with E-state index in [0.29, 0.717) is 19.0 Å². The molecular weight excluding hydrogens is 322 g/mol. The van der Waals surface area contributed by atoms with Gasteiger partial charge in [0.2, 0.25) is 0 Å². The van der Waals surface area contributed by atoms with Crippen LogP contribution < -0.4 is 4.74 Å². The van der Waals surface area contributed by atoms with Crippen LogP contribution in [0.3, 0.4) is 0 Å². The summed E-state index contributed by atoms with van der Waals surface area (Å²) in [5.41, 5.74) is 1.04. The molecule has 0 spiro atoms. The maximum absolute atomic E-state index is 11.0. The van der Waals surface area contributed by atoms with Gasteiger partial charge in [0.05, 0.1) is 0 Å². The first-order valence-electron chi connectivity index (χ1n) is 6.93. The first-order valence-corrected chi connectivity index (χ1v) is 7.72. The van der Waals surface area contributed by atoms with E-state index in [1.54, 1.807) is 0 Å². The minimum atomic E-state index is -0.812. The molecule has 108 valence electrons. The van der Waals surface area contributed by atoms with Crippen LogP contribution in [0.4, 0.5) is 4.79 Å². The lowest BCUT2D eigenvalue weighted by molar-refractivity contribution is 0.0131. The fraction of sp³-hybridized carbons (Fsp3) is 0.533. The standard InChI is InChI=1S/C15H18BrNO3/c1-15(11-4-6-17(7-5-11)14(18)19)9-10-8-12(16)2-3-13(10)20-15/h2-3,8,11H,4-7,9H2,1H3,(H,18,19). The number of likely N-dealkylation sites (tertiary alicyclic amines) is 1. The number of hydrogen-bond donors (Lipinski definition) is 1. The number of piperidine rings is 1. The van der Waals surface area contributed by atoms with Crippen molar-refractivity contribution in [2.24, 2.45) is 5.92 Å². The molecule has 2 heterocycles. The smallest absolute Gasteiger partial charge is 0.407 e. The van der Waals surface area contributed by atoms with E-state index in [1.165, 1.54) is 10.5 Å². The molecule has 0 saturated carbocycles. The van der Waals surface area contributed by atoms with E-state index in [0.717, 1.165) is 29.5 Å². The number of carboxylic acid groups (broad SMARTS) is 1. The summed E-state index contributed by atoms with van der Waals surface area (Å²) in [4.78, 5) is 12.5. The van der Waals surface area contributed by atoms with Crippen LogP contribution in [0.25, 0.3) is 0 Å². The first kappa shape index (κ1) is 13.7. The number of hydrogen-bond acceptors (Lipinski definition) is 2. The summed E-state index contributed by atoms with van der Waals surface area (Å²) in [6.07, 6.45) is 1.84. The number of amides is 1. The van der Waals surface area contributed by atoms with Gasteiger partial charge in [0, 0.05) is 29.9 Å². The van der Waals surface area contributed by atoms with Crippen LogP contribution in [-0.2, 0) is 6.42 Å². The zero-order valence-electron chi connectivity index (χ0n) is 11.4. The molecule has 1 saturated heterocycles. The summed E-state index contributed by atoms with van der Waals surface area (Å²) in [5.74, 6) is 1.38. The van der Waals surface area contributed by atoms with Gasteiger partial charge in [-0.2, -0.15) is 0 Å². The Bertz CT molecular complexity index is 540. The van der Waals surface area contributed by atoms with Crippen molar-refractivity contribution in [3.05, 3.63) is 28.2 Å². The largest absolute Gasteiger partial charge is 0.487 e. The van der Waals surface area contributed by atoms with E-state index in [-0.39, 0.29) is 5.60 Å². The second-order valence-corrected chi connectivity index (χ2v) is 6.80. The van der Waals surface area contributed by atoms with Crippen molar-refractivity contribution in [2.75, 3.05) is 13.1 Å². The molecule has 1 atom stereocenters. The second-order valence-electron chi connectivity index (χ2n) is 5.89. The van der Waals surface area contributed by atoms with Gasteiger partial charge in [-0.25, -0.2) is 4.79 Å². The molecule has 0 aromatic heterocycles. The van der Waals surface area contributed by atoms with Gasteiger partial charge in [-0.1, -0.05) is 15.9 Å². The highest BCUT2D eigenvalue weighted by Crippen LogP contribution is 2.43. The third-order valence-corrected chi connectivity index (χ3v) is 5.03. The van der Waals surface area contributed by atoms with Crippen molar-refractivity contribution in [3.63, 3.8) is 0 Å². The van der Waals surface area contributed by atoms with Gasteiger partial charge in [-0.3, -0.25) is 0 Å². The number of carbonyl (C=O) groups is 1. The summed E-state index contributed by atoms with van der Waals surface area (Å²) in [5, 5.41) is 9.02. The minimum Gasteiger partial charge on any atom is -0.487 e. The summed E-state index contributed by atoms with van der Waals surface area (Å²) in [7, 11) is 0. The Labute approximate surface area is 126 Å². The normalized spacial score (nSPS) is 26.2. The molecule has 20 heavy (non-hydrogen) atoms. The Morgan fingerprint density at radius 3 is 2.80 bits per heavy atom. The molecule has 0 aliphatic carbocycles. The molecule has 1 unspecified atom stereocenters. The molecule has 2 aliphatic heterocycles. The highest BCUT2D eigenvalue weighted by Gasteiger charge is 2.43. The molecule has 2 aliphatic rings. The van der Waals surface area contributed by atoms with Crippen LogP contribution in [0, 0.1) is 5.92 Å². The lowest BCUT2D eigenvalue weighted by Crippen LogP contribution is -2.47. The second kappa shape index (κ2) is 4.95. The molecule has 5 heteroatoms. The van der Waals surface area contributed by atoms with Crippen LogP contribution in [0.5, 0.6) is 5.75 Å². The van der Waals surface area contributed by atoms with Crippen LogP contribution >= 0.6 is 15.9 Å². The average Bonchev–Trinajstić information content (AvgIpc) is 2.75. The average molecular weight is 340 g/mol. The third kappa shape index (κ3) is 2.39. The monoisotopic (exact) mass is 339 g/mol. The van der Waals surface area contributed by atoms with Crippen molar-refractivity contribution in [2.45, 2.75) is 31.8 Å². The third-order valence-electron chi connectivity index (χ3n) is 4.54. The minimum absolute atomic E-state index is 0.201. The highest BCUT2D eigenvalue weighted by atomic mass is 79.9. The summed E-state index contributed by atoms with van der Waals surface area (Å²) in [6, 6.07) is 6.13. The van der Waals surface area contributed by atoms with Crippen LogP contribution in [0.15, 0.2) is 22.7 Å². The molecule has 1 aromatic carbocycles. The number of benzene rings is 1. The molecule has 1 N–H and O–H groups in total. The molecule has 4 nitrogen and oxygen atoms in total.